The third kappa shape index (κ3) is 3.63. The minimum Gasteiger partial charge on any atom is -0.397 e. The van der Waals surface area contributed by atoms with Crippen LogP contribution in [0.5, 0.6) is 0 Å². The summed E-state index contributed by atoms with van der Waals surface area (Å²) in [7, 11) is 0. The zero-order valence-electron chi connectivity index (χ0n) is 9.88. The van der Waals surface area contributed by atoms with Crippen molar-refractivity contribution < 1.29 is 0 Å². The number of allylic oxidation sites excluding steroid dienone is 1. The molecular formula is C13H18ClN3. The summed E-state index contributed by atoms with van der Waals surface area (Å²) in [5, 5.41) is 3.83. The topological polar surface area (TPSA) is 50.9 Å². The number of nitrogens with one attached hydrogen (secondary N) is 1. The molecule has 1 heterocycles. The number of pyridine rings is 1. The summed E-state index contributed by atoms with van der Waals surface area (Å²) in [5.74, 6) is 0.720. The first-order chi connectivity index (χ1) is 8.25. The van der Waals surface area contributed by atoms with Crippen molar-refractivity contribution in [1.82, 2.24) is 4.98 Å². The van der Waals surface area contributed by atoms with Gasteiger partial charge in [0, 0.05) is 6.54 Å². The maximum absolute atomic E-state index is 6.03. The maximum atomic E-state index is 6.03. The molecule has 0 spiro atoms. The van der Waals surface area contributed by atoms with Gasteiger partial charge in [0.15, 0.2) is 0 Å². The summed E-state index contributed by atoms with van der Waals surface area (Å²) in [5.41, 5.74) is 7.73. The lowest BCUT2D eigenvalue weighted by Gasteiger charge is -2.13. The van der Waals surface area contributed by atoms with Crippen LogP contribution in [-0.2, 0) is 0 Å². The lowest BCUT2D eigenvalue weighted by Crippen LogP contribution is -2.06. The van der Waals surface area contributed by atoms with E-state index in [4.69, 9.17) is 17.3 Å². The zero-order valence-corrected chi connectivity index (χ0v) is 10.6. The quantitative estimate of drug-likeness (QED) is 0.804. The molecule has 3 N–H and O–H groups in total. The van der Waals surface area contributed by atoms with Gasteiger partial charge in [0.25, 0.3) is 0 Å². The van der Waals surface area contributed by atoms with E-state index in [1.54, 1.807) is 17.8 Å². The SMILES string of the molecule is Nc1cnc(NCCC2=CCCCC2)c(Cl)c1. The highest BCUT2D eigenvalue weighted by atomic mass is 35.5. The van der Waals surface area contributed by atoms with Crippen molar-refractivity contribution in [3.8, 4) is 0 Å². The van der Waals surface area contributed by atoms with Crippen molar-refractivity contribution in [1.29, 1.82) is 0 Å². The number of nitrogens with zero attached hydrogens (tertiary/aromatic N) is 1. The Morgan fingerprint density at radius 2 is 2.29 bits per heavy atom. The smallest absolute Gasteiger partial charge is 0.144 e. The zero-order chi connectivity index (χ0) is 12.1. The van der Waals surface area contributed by atoms with E-state index in [1.807, 2.05) is 0 Å². The first-order valence-corrected chi connectivity index (χ1v) is 6.46. The molecule has 2 rings (SSSR count). The minimum atomic E-state index is 0.586. The average molecular weight is 252 g/mol. The summed E-state index contributed by atoms with van der Waals surface area (Å²) >= 11 is 6.03. The fourth-order valence-corrected chi connectivity index (χ4v) is 2.30. The van der Waals surface area contributed by atoms with E-state index in [0.717, 1.165) is 18.8 Å². The molecule has 0 unspecified atom stereocenters. The van der Waals surface area contributed by atoms with Gasteiger partial charge in [0.2, 0.25) is 0 Å². The van der Waals surface area contributed by atoms with Gasteiger partial charge in [0.05, 0.1) is 16.9 Å². The van der Waals surface area contributed by atoms with Crippen LogP contribution in [0.2, 0.25) is 5.02 Å². The molecule has 1 aromatic rings. The van der Waals surface area contributed by atoms with Crippen molar-refractivity contribution >= 4 is 23.1 Å². The van der Waals surface area contributed by atoms with E-state index in [1.165, 1.54) is 25.7 Å². The second-order valence-corrected chi connectivity index (χ2v) is 4.79. The highest BCUT2D eigenvalue weighted by Crippen LogP contribution is 2.23. The van der Waals surface area contributed by atoms with E-state index >= 15 is 0 Å². The molecule has 0 aliphatic heterocycles. The summed E-state index contributed by atoms with van der Waals surface area (Å²) < 4.78 is 0. The molecular weight excluding hydrogens is 234 g/mol. The molecule has 1 aromatic heterocycles. The van der Waals surface area contributed by atoms with Gasteiger partial charge in [-0.15, -0.1) is 0 Å². The molecule has 0 fully saturated rings. The summed E-state index contributed by atoms with van der Waals surface area (Å²) in [6.07, 6.45) is 10.2. The van der Waals surface area contributed by atoms with Gasteiger partial charge >= 0.3 is 0 Å². The Bertz CT molecular complexity index is 415. The maximum Gasteiger partial charge on any atom is 0.144 e. The third-order valence-corrected chi connectivity index (χ3v) is 3.27. The summed E-state index contributed by atoms with van der Waals surface area (Å²) in [6, 6.07) is 1.72. The number of nitrogen functional groups attached to an aromatic ring is 1. The van der Waals surface area contributed by atoms with Crippen LogP contribution < -0.4 is 11.1 Å². The molecule has 3 nitrogen and oxygen atoms in total. The van der Waals surface area contributed by atoms with Crippen molar-refractivity contribution in [3.05, 3.63) is 28.9 Å². The fourth-order valence-electron chi connectivity index (χ4n) is 2.06. The van der Waals surface area contributed by atoms with Gasteiger partial charge < -0.3 is 11.1 Å². The Morgan fingerprint density at radius 1 is 1.41 bits per heavy atom. The fraction of sp³-hybridized carbons (Fsp3) is 0.462. The largest absolute Gasteiger partial charge is 0.397 e. The summed E-state index contributed by atoms with van der Waals surface area (Å²) in [6.45, 7) is 0.877. The number of rotatable bonds is 4. The number of aromatic nitrogens is 1. The molecule has 0 atom stereocenters. The monoisotopic (exact) mass is 251 g/mol. The summed E-state index contributed by atoms with van der Waals surface area (Å²) in [4.78, 5) is 4.17. The molecule has 0 saturated heterocycles. The van der Waals surface area contributed by atoms with Crippen LogP contribution in [0.25, 0.3) is 0 Å². The van der Waals surface area contributed by atoms with Gasteiger partial charge in [-0.25, -0.2) is 4.98 Å². The van der Waals surface area contributed by atoms with E-state index in [2.05, 4.69) is 16.4 Å². The van der Waals surface area contributed by atoms with Crippen molar-refractivity contribution in [2.24, 2.45) is 0 Å². The van der Waals surface area contributed by atoms with E-state index in [-0.39, 0.29) is 0 Å². The Hall–Kier alpha value is -1.22. The molecule has 1 aliphatic carbocycles. The number of anilines is 2. The van der Waals surface area contributed by atoms with E-state index in [0.29, 0.717) is 10.7 Å². The molecule has 0 amide bonds. The molecule has 1 aliphatic rings. The number of hydrogen-bond donors (Lipinski definition) is 2. The second-order valence-electron chi connectivity index (χ2n) is 4.38. The highest BCUT2D eigenvalue weighted by molar-refractivity contribution is 6.33. The number of hydrogen-bond acceptors (Lipinski definition) is 3. The van der Waals surface area contributed by atoms with Crippen molar-refractivity contribution in [2.75, 3.05) is 17.6 Å². The van der Waals surface area contributed by atoms with Crippen LogP contribution in [0, 0.1) is 0 Å². The molecule has 0 radical (unpaired) electrons. The first kappa shape index (κ1) is 12.2. The molecule has 92 valence electrons. The second kappa shape index (κ2) is 5.92. The third-order valence-electron chi connectivity index (χ3n) is 2.99. The Labute approximate surface area is 107 Å². The Morgan fingerprint density at radius 3 is 3.00 bits per heavy atom. The van der Waals surface area contributed by atoms with Crippen LogP contribution in [0.1, 0.15) is 32.1 Å². The normalized spacial score (nSPS) is 15.5. The highest BCUT2D eigenvalue weighted by Gasteiger charge is 2.05. The van der Waals surface area contributed by atoms with Gasteiger partial charge in [-0.3, -0.25) is 0 Å². The van der Waals surface area contributed by atoms with Crippen LogP contribution in [0.15, 0.2) is 23.9 Å². The van der Waals surface area contributed by atoms with Gasteiger partial charge in [-0.05, 0) is 38.2 Å². The molecule has 0 saturated carbocycles. The van der Waals surface area contributed by atoms with Crippen molar-refractivity contribution in [3.63, 3.8) is 0 Å². The van der Waals surface area contributed by atoms with E-state index < -0.39 is 0 Å². The molecule has 4 heteroatoms. The number of halogens is 1. The van der Waals surface area contributed by atoms with E-state index in [9.17, 15) is 0 Å². The average Bonchev–Trinajstić information content (AvgIpc) is 2.33. The lowest BCUT2D eigenvalue weighted by atomic mass is 9.97. The molecule has 17 heavy (non-hydrogen) atoms. The van der Waals surface area contributed by atoms with Gasteiger partial charge in [0.1, 0.15) is 5.82 Å². The van der Waals surface area contributed by atoms with Crippen molar-refractivity contribution in [2.45, 2.75) is 32.1 Å². The minimum absolute atomic E-state index is 0.586. The van der Waals surface area contributed by atoms with Crippen LogP contribution in [-0.4, -0.2) is 11.5 Å². The first-order valence-electron chi connectivity index (χ1n) is 6.08. The Kier molecular flexibility index (Phi) is 4.26. The molecule has 0 bridgehead atoms. The predicted molar refractivity (Wildman–Crippen MR) is 73.3 cm³/mol. The lowest BCUT2D eigenvalue weighted by molar-refractivity contribution is 0.679. The molecule has 0 aromatic carbocycles. The standard InChI is InChI=1S/C13H18ClN3/c14-12-8-11(15)9-17-13(12)16-7-6-10-4-2-1-3-5-10/h4,8-9H,1-3,5-7,15H2,(H,16,17). The Balaban J connectivity index is 1.83. The van der Waals surface area contributed by atoms with Crippen LogP contribution in [0.4, 0.5) is 11.5 Å². The van der Waals surface area contributed by atoms with Gasteiger partial charge in [-0.2, -0.15) is 0 Å². The van der Waals surface area contributed by atoms with Crippen LogP contribution in [0.3, 0.4) is 0 Å². The van der Waals surface area contributed by atoms with Gasteiger partial charge in [-0.1, -0.05) is 23.3 Å². The van der Waals surface area contributed by atoms with Crippen LogP contribution >= 0.6 is 11.6 Å². The predicted octanol–water partition coefficient (Wildman–Crippen LogP) is 3.62. The number of nitrogens with two attached hydrogens (primary N) is 1.